The van der Waals surface area contributed by atoms with Crippen molar-refractivity contribution in [2.45, 2.75) is 39.9 Å². The number of carbonyl (C=O) groups excluding carboxylic acids is 2. The molecule has 0 radical (unpaired) electrons. The largest absolute Gasteiger partial charge is 0.504 e. The number of pyridine rings is 1. The lowest BCUT2D eigenvalue weighted by molar-refractivity contribution is -0.137. The van der Waals surface area contributed by atoms with E-state index in [4.69, 9.17) is 11.6 Å². The van der Waals surface area contributed by atoms with Crippen molar-refractivity contribution in [1.82, 2.24) is 29.4 Å². The molecule has 0 saturated carbocycles. The van der Waals surface area contributed by atoms with Crippen LogP contribution >= 0.6 is 11.6 Å². The molecule has 5 rings (SSSR count). The third kappa shape index (κ3) is 6.68. The Labute approximate surface area is 271 Å². The van der Waals surface area contributed by atoms with E-state index in [1.165, 1.54) is 22.0 Å². The first-order valence-corrected chi connectivity index (χ1v) is 14.8. The Morgan fingerprint density at radius 1 is 1.13 bits per heavy atom. The van der Waals surface area contributed by atoms with Gasteiger partial charge in [0.2, 0.25) is 11.3 Å². The second-order valence-electron chi connectivity index (χ2n) is 10.5. The summed E-state index contributed by atoms with van der Waals surface area (Å²) in [7, 11) is 0. The number of hydrogen-bond donors (Lipinski definition) is 2. The molecule has 0 unspecified atom stereocenters. The van der Waals surface area contributed by atoms with Crippen LogP contribution in [0.2, 0.25) is 5.02 Å². The lowest BCUT2D eigenvalue weighted by atomic mass is 10.1. The highest BCUT2D eigenvalue weighted by molar-refractivity contribution is 6.33. The first kappa shape index (κ1) is 33.1. The SMILES string of the molecule is CC#Cc1cnc2c(n1)c(=O)c(N1CCN(C(=O)c3ncnc(C)c3O)CC1)c(CC)n2CC(=O)Nc1ccc(C(F)(F)F)cc1Cl. The molecule has 4 aromatic rings. The fourth-order valence-electron chi connectivity index (χ4n) is 5.31. The summed E-state index contributed by atoms with van der Waals surface area (Å²) in [5.74, 6) is 4.08. The number of anilines is 2. The second-order valence-corrected chi connectivity index (χ2v) is 10.9. The van der Waals surface area contributed by atoms with Gasteiger partial charge in [-0.05, 0) is 44.4 Å². The molecule has 3 aromatic heterocycles. The molecule has 0 spiro atoms. The van der Waals surface area contributed by atoms with Crippen molar-refractivity contribution in [3.63, 3.8) is 0 Å². The zero-order chi connectivity index (χ0) is 34.0. The van der Waals surface area contributed by atoms with Crippen LogP contribution in [0.3, 0.4) is 0 Å². The van der Waals surface area contributed by atoms with Crippen LogP contribution in [0.5, 0.6) is 5.75 Å². The maximum Gasteiger partial charge on any atom is 0.416 e. The van der Waals surface area contributed by atoms with Crippen molar-refractivity contribution in [2.75, 3.05) is 36.4 Å². The van der Waals surface area contributed by atoms with Gasteiger partial charge >= 0.3 is 6.18 Å². The molecule has 244 valence electrons. The van der Waals surface area contributed by atoms with Crippen LogP contribution in [0.25, 0.3) is 11.2 Å². The number of rotatable bonds is 6. The summed E-state index contributed by atoms with van der Waals surface area (Å²) in [6.45, 7) is 5.46. The van der Waals surface area contributed by atoms with Gasteiger partial charge in [0.1, 0.15) is 24.3 Å². The maximum absolute atomic E-state index is 14.0. The van der Waals surface area contributed by atoms with Crippen molar-refractivity contribution in [3.8, 4) is 17.6 Å². The number of aromatic nitrogens is 5. The van der Waals surface area contributed by atoms with Gasteiger partial charge in [0, 0.05) is 31.9 Å². The molecule has 1 aliphatic heterocycles. The Hall–Kier alpha value is -5.23. The third-order valence-electron chi connectivity index (χ3n) is 7.59. The molecule has 4 heterocycles. The van der Waals surface area contributed by atoms with Crippen molar-refractivity contribution in [1.29, 1.82) is 0 Å². The number of nitrogens with one attached hydrogen (secondary N) is 1. The number of fused-ring (bicyclic) bond motifs is 1. The van der Waals surface area contributed by atoms with E-state index in [2.05, 4.69) is 37.1 Å². The molecule has 0 atom stereocenters. The minimum absolute atomic E-state index is 0.0226. The van der Waals surface area contributed by atoms with E-state index in [1.54, 1.807) is 25.7 Å². The average Bonchev–Trinajstić information content (AvgIpc) is 3.04. The number of carbonyl (C=O) groups is 2. The van der Waals surface area contributed by atoms with Crippen LogP contribution in [0.15, 0.2) is 35.5 Å². The van der Waals surface area contributed by atoms with Gasteiger partial charge in [-0.1, -0.05) is 24.4 Å². The quantitative estimate of drug-likeness (QED) is 0.293. The highest BCUT2D eigenvalue weighted by Gasteiger charge is 2.32. The number of halogens is 4. The van der Waals surface area contributed by atoms with E-state index in [0.717, 1.165) is 18.2 Å². The van der Waals surface area contributed by atoms with E-state index in [-0.39, 0.29) is 83.1 Å². The van der Waals surface area contributed by atoms with Crippen molar-refractivity contribution < 1.29 is 27.9 Å². The number of hydrogen-bond acceptors (Lipinski definition) is 9. The van der Waals surface area contributed by atoms with Gasteiger partial charge in [0.05, 0.1) is 28.2 Å². The molecule has 1 fully saturated rings. The highest BCUT2D eigenvalue weighted by atomic mass is 35.5. The molecule has 12 nitrogen and oxygen atoms in total. The van der Waals surface area contributed by atoms with Crippen molar-refractivity contribution >= 4 is 46.0 Å². The highest BCUT2D eigenvalue weighted by Crippen LogP contribution is 2.34. The average molecular weight is 669 g/mol. The van der Waals surface area contributed by atoms with Crippen molar-refractivity contribution in [3.05, 3.63) is 74.3 Å². The van der Waals surface area contributed by atoms with Gasteiger partial charge in [-0.3, -0.25) is 14.4 Å². The number of nitrogens with zero attached hydrogens (tertiary/aromatic N) is 7. The van der Waals surface area contributed by atoms with E-state index < -0.39 is 29.0 Å². The van der Waals surface area contributed by atoms with Crippen LogP contribution in [-0.2, 0) is 23.9 Å². The Morgan fingerprint density at radius 2 is 1.85 bits per heavy atom. The van der Waals surface area contributed by atoms with Gasteiger partial charge in [-0.2, -0.15) is 13.2 Å². The number of aromatic hydroxyl groups is 1. The van der Waals surface area contributed by atoms with Gasteiger partial charge in [0.15, 0.2) is 22.6 Å². The molecule has 47 heavy (non-hydrogen) atoms. The summed E-state index contributed by atoms with van der Waals surface area (Å²) in [5.41, 5.74) is -0.204. The number of piperazine rings is 1. The third-order valence-corrected chi connectivity index (χ3v) is 7.90. The topological polar surface area (TPSA) is 146 Å². The predicted octanol–water partition coefficient (Wildman–Crippen LogP) is 3.80. The number of benzene rings is 1. The summed E-state index contributed by atoms with van der Waals surface area (Å²) >= 11 is 6.07. The lowest BCUT2D eigenvalue weighted by Gasteiger charge is -2.37. The van der Waals surface area contributed by atoms with Gasteiger partial charge in [-0.15, -0.1) is 0 Å². The summed E-state index contributed by atoms with van der Waals surface area (Å²) in [4.78, 5) is 60.5. The molecule has 1 aliphatic rings. The van der Waals surface area contributed by atoms with Crippen molar-refractivity contribution in [2.24, 2.45) is 0 Å². The molecule has 0 aliphatic carbocycles. The fraction of sp³-hybridized carbons (Fsp3) is 0.323. The Bertz CT molecular complexity index is 2010. The van der Waals surface area contributed by atoms with Crippen LogP contribution in [0, 0.1) is 18.8 Å². The lowest BCUT2D eigenvalue weighted by Crippen LogP contribution is -2.50. The van der Waals surface area contributed by atoms with E-state index in [9.17, 15) is 32.7 Å². The van der Waals surface area contributed by atoms with Crippen LogP contribution in [0.4, 0.5) is 24.5 Å². The van der Waals surface area contributed by atoms with Crippen LogP contribution in [-0.4, -0.2) is 72.5 Å². The van der Waals surface area contributed by atoms with Gasteiger partial charge in [0.25, 0.3) is 5.91 Å². The van der Waals surface area contributed by atoms with Gasteiger partial charge in [-0.25, -0.2) is 19.9 Å². The fourth-order valence-corrected chi connectivity index (χ4v) is 5.53. The monoisotopic (exact) mass is 668 g/mol. The minimum Gasteiger partial charge on any atom is -0.504 e. The molecule has 2 amide bonds. The van der Waals surface area contributed by atoms with Crippen LogP contribution < -0.4 is 15.6 Å². The Kier molecular flexibility index (Phi) is 9.34. The zero-order valence-corrected chi connectivity index (χ0v) is 26.2. The summed E-state index contributed by atoms with van der Waals surface area (Å²) in [5, 5.41) is 12.6. The Morgan fingerprint density at radius 3 is 2.49 bits per heavy atom. The summed E-state index contributed by atoms with van der Waals surface area (Å²) < 4.78 is 40.9. The van der Waals surface area contributed by atoms with E-state index >= 15 is 0 Å². The summed E-state index contributed by atoms with van der Waals surface area (Å²) in [6.07, 6.45) is -1.74. The Balaban J connectivity index is 1.50. The molecule has 1 saturated heterocycles. The first-order chi connectivity index (χ1) is 22.3. The molecular weight excluding hydrogens is 641 g/mol. The molecule has 0 bridgehead atoms. The molecule has 2 N–H and O–H groups in total. The van der Waals surface area contributed by atoms with E-state index in [0.29, 0.717) is 12.1 Å². The standard InChI is InChI=1S/C31H28ClF3N8O4/c1-4-6-19-14-36-29-24(39-19)28(46)26(41-9-11-42(12-10-41)30(47)25-27(45)17(3)37-16-38-25)22(5-2)43(29)15-23(44)40-21-8-7-18(13-20(21)32)31(33,34)35/h7-8,13-14,16,45H,5,9-12,15H2,1-3H3,(H,40,44). The summed E-state index contributed by atoms with van der Waals surface area (Å²) in [6, 6.07) is 2.60. The normalized spacial score (nSPS) is 13.3. The van der Waals surface area contributed by atoms with Gasteiger partial charge < -0.3 is 24.8 Å². The first-order valence-electron chi connectivity index (χ1n) is 14.4. The second kappa shape index (κ2) is 13.2. The van der Waals surface area contributed by atoms with Crippen LogP contribution in [0.1, 0.15) is 47.0 Å². The molecule has 1 aromatic carbocycles. The predicted molar refractivity (Wildman–Crippen MR) is 167 cm³/mol. The zero-order valence-electron chi connectivity index (χ0n) is 25.4. The van der Waals surface area contributed by atoms with E-state index in [1.807, 2.05) is 0 Å². The maximum atomic E-state index is 14.0. The number of aryl methyl sites for hydroxylation is 1. The molecular formula is C31H28ClF3N8O4. The molecule has 16 heteroatoms. The number of alkyl halides is 3. The smallest absolute Gasteiger partial charge is 0.416 e. The number of amides is 2. The minimum atomic E-state index is -4.61.